The molecule has 0 saturated carbocycles. The Balaban J connectivity index is 0.00000180. The number of aromatic nitrogens is 2. The van der Waals surface area contributed by atoms with E-state index in [1.54, 1.807) is 19.9 Å². The second-order valence-electron chi connectivity index (χ2n) is 4.58. The topological polar surface area (TPSA) is 84.0 Å². The quantitative estimate of drug-likeness (QED) is 0.797. The van der Waals surface area contributed by atoms with Crippen LogP contribution in [0.5, 0.6) is 0 Å². The molecule has 1 aromatic heterocycles. The fraction of sp³-hybridized carbons (Fsp3) is 0.636. The molecule has 8 heteroatoms. The summed E-state index contributed by atoms with van der Waals surface area (Å²) in [5.74, 6) is 0. The van der Waals surface area contributed by atoms with E-state index >= 15 is 0 Å². The van der Waals surface area contributed by atoms with E-state index in [2.05, 4.69) is 20.0 Å². The van der Waals surface area contributed by atoms with Gasteiger partial charge in [0.1, 0.15) is 0 Å². The molecule has 0 bridgehead atoms. The van der Waals surface area contributed by atoms with Crippen molar-refractivity contribution < 1.29 is 8.42 Å². The molecule has 1 aliphatic heterocycles. The smallest absolute Gasteiger partial charge is 0.276 e. The lowest BCUT2D eigenvalue weighted by Crippen LogP contribution is -2.43. The van der Waals surface area contributed by atoms with Gasteiger partial charge in [-0.05, 0) is 45.8 Å². The first-order valence-electron chi connectivity index (χ1n) is 6.03. The number of hydrogen-bond acceptors (Lipinski definition) is 5. The molecule has 1 saturated heterocycles. The summed E-state index contributed by atoms with van der Waals surface area (Å²) in [7, 11) is -3.60. The maximum absolute atomic E-state index is 12.1. The van der Waals surface area contributed by atoms with Crippen molar-refractivity contribution in [1.29, 1.82) is 0 Å². The van der Waals surface area contributed by atoms with Gasteiger partial charge in [0.15, 0.2) is 0 Å². The lowest BCUT2D eigenvalue weighted by molar-refractivity contribution is 0.425. The normalized spacial score (nSPS) is 16.9. The molecule has 0 amide bonds. The summed E-state index contributed by atoms with van der Waals surface area (Å²) >= 11 is 0. The van der Waals surface area contributed by atoms with Gasteiger partial charge in [-0.1, -0.05) is 0 Å². The highest BCUT2D eigenvalue weighted by Gasteiger charge is 2.24. The molecular weight excluding hydrogens is 288 g/mol. The van der Waals surface area contributed by atoms with Crippen molar-refractivity contribution in [3.05, 3.63) is 17.5 Å². The fourth-order valence-electron chi connectivity index (χ4n) is 2.03. The van der Waals surface area contributed by atoms with Crippen LogP contribution < -0.4 is 10.0 Å². The third-order valence-corrected chi connectivity index (χ3v) is 4.17. The molecule has 1 fully saturated rings. The number of halogens is 1. The van der Waals surface area contributed by atoms with Crippen LogP contribution in [-0.4, -0.2) is 37.5 Å². The van der Waals surface area contributed by atoms with Gasteiger partial charge in [-0.15, -0.1) is 12.4 Å². The van der Waals surface area contributed by atoms with E-state index < -0.39 is 10.0 Å². The lowest BCUT2D eigenvalue weighted by Gasteiger charge is -2.23. The Bertz CT molecular complexity index is 509. The number of nitrogens with one attached hydrogen (secondary N) is 2. The van der Waals surface area contributed by atoms with Crippen LogP contribution in [0.25, 0.3) is 0 Å². The van der Waals surface area contributed by atoms with Crippen molar-refractivity contribution in [3.63, 3.8) is 0 Å². The lowest BCUT2D eigenvalue weighted by atomic mass is 10.1. The van der Waals surface area contributed by atoms with E-state index in [9.17, 15) is 8.42 Å². The van der Waals surface area contributed by atoms with Gasteiger partial charge in [-0.25, -0.2) is 23.1 Å². The van der Waals surface area contributed by atoms with Crippen LogP contribution in [-0.2, 0) is 10.0 Å². The average Bonchev–Trinajstić information content (AvgIpc) is 2.28. The van der Waals surface area contributed by atoms with Crippen LogP contribution in [0.4, 0.5) is 0 Å². The third kappa shape index (κ3) is 4.38. The summed E-state index contributed by atoms with van der Waals surface area (Å²) < 4.78 is 27.0. The highest BCUT2D eigenvalue weighted by Crippen LogP contribution is 2.09. The molecule has 1 aromatic rings. The van der Waals surface area contributed by atoms with E-state index in [-0.39, 0.29) is 23.6 Å². The van der Waals surface area contributed by atoms with Gasteiger partial charge in [0.25, 0.3) is 15.2 Å². The standard InChI is InChI=1S/C11H18N4O2S.ClH/c1-8-7-9(2)14-11(13-8)18(16,17)15-10-3-5-12-6-4-10;/h7,10,12,15H,3-6H2,1-2H3;1H. The van der Waals surface area contributed by atoms with Crippen LogP contribution >= 0.6 is 12.4 Å². The molecule has 1 aliphatic rings. The molecule has 0 atom stereocenters. The minimum absolute atomic E-state index is 0. The van der Waals surface area contributed by atoms with Crippen molar-refractivity contribution in [2.45, 2.75) is 37.9 Å². The first-order chi connectivity index (χ1) is 8.47. The Labute approximate surface area is 119 Å². The number of nitrogens with zero attached hydrogens (tertiary/aromatic N) is 2. The van der Waals surface area contributed by atoms with Crippen LogP contribution in [0.2, 0.25) is 0 Å². The maximum atomic E-state index is 12.1. The Hall–Kier alpha value is -0.760. The van der Waals surface area contributed by atoms with Crippen molar-refractivity contribution in [2.24, 2.45) is 0 Å². The van der Waals surface area contributed by atoms with E-state index in [0.29, 0.717) is 11.4 Å². The number of aryl methyl sites for hydroxylation is 2. The minimum atomic E-state index is -3.60. The zero-order chi connectivity index (χ0) is 13.2. The van der Waals surface area contributed by atoms with Crippen LogP contribution in [0, 0.1) is 13.8 Å². The van der Waals surface area contributed by atoms with Gasteiger partial charge in [-0.2, -0.15) is 0 Å². The second kappa shape index (κ2) is 6.60. The maximum Gasteiger partial charge on any atom is 0.276 e. The Morgan fingerprint density at radius 3 is 2.26 bits per heavy atom. The Morgan fingerprint density at radius 2 is 1.74 bits per heavy atom. The van der Waals surface area contributed by atoms with Gasteiger partial charge in [-0.3, -0.25) is 0 Å². The minimum Gasteiger partial charge on any atom is -0.317 e. The molecule has 2 rings (SSSR count). The fourth-order valence-corrected chi connectivity index (χ4v) is 3.33. The third-order valence-electron chi connectivity index (χ3n) is 2.86. The summed E-state index contributed by atoms with van der Waals surface area (Å²) in [6.07, 6.45) is 1.59. The highest BCUT2D eigenvalue weighted by molar-refractivity contribution is 7.89. The summed E-state index contributed by atoms with van der Waals surface area (Å²) in [4.78, 5) is 7.99. The number of hydrogen-bond donors (Lipinski definition) is 2. The number of rotatable bonds is 3. The summed E-state index contributed by atoms with van der Waals surface area (Å²) in [6, 6.07) is 1.73. The monoisotopic (exact) mass is 306 g/mol. The zero-order valence-electron chi connectivity index (χ0n) is 11.0. The van der Waals surface area contributed by atoms with E-state index in [4.69, 9.17) is 0 Å². The van der Waals surface area contributed by atoms with Crippen molar-refractivity contribution >= 4 is 22.4 Å². The predicted molar refractivity (Wildman–Crippen MR) is 75.0 cm³/mol. The molecular formula is C11H19ClN4O2S. The second-order valence-corrected chi connectivity index (χ2v) is 6.19. The molecule has 0 unspecified atom stereocenters. The molecule has 19 heavy (non-hydrogen) atoms. The van der Waals surface area contributed by atoms with Crippen LogP contribution in [0.1, 0.15) is 24.2 Å². The molecule has 0 spiro atoms. The SMILES string of the molecule is Cc1cc(C)nc(S(=O)(=O)NC2CCNCC2)n1.Cl. The Morgan fingerprint density at radius 1 is 1.21 bits per heavy atom. The first-order valence-corrected chi connectivity index (χ1v) is 7.51. The average molecular weight is 307 g/mol. The van der Waals surface area contributed by atoms with Crippen LogP contribution in [0.15, 0.2) is 11.2 Å². The zero-order valence-corrected chi connectivity index (χ0v) is 12.6. The summed E-state index contributed by atoms with van der Waals surface area (Å²) in [5.41, 5.74) is 1.32. The van der Waals surface area contributed by atoms with Gasteiger partial charge in [0.2, 0.25) is 0 Å². The molecule has 6 nitrogen and oxygen atoms in total. The first kappa shape index (κ1) is 16.3. The molecule has 108 valence electrons. The molecule has 2 N–H and O–H groups in total. The predicted octanol–water partition coefficient (Wildman–Crippen LogP) is 0.546. The molecule has 0 aromatic carbocycles. The molecule has 2 heterocycles. The van der Waals surface area contributed by atoms with E-state index in [1.165, 1.54) is 0 Å². The molecule has 0 aliphatic carbocycles. The van der Waals surface area contributed by atoms with Gasteiger partial charge in [0, 0.05) is 17.4 Å². The van der Waals surface area contributed by atoms with Gasteiger partial charge < -0.3 is 5.32 Å². The van der Waals surface area contributed by atoms with Gasteiger partial charge in [0.05, 0.1) is 0 Å². The highest BCUT2D eigenvalue weighted by atomic mass is 35.5. The van der Waals surface area contributed by atoms with E-state index in [1.807, 2.05) is 0 Å². The van der Waals surface area contributed by atoms with Crippen molar-refractivity contribution in [1.82, 2.24) is 20.0 Å². The number of piperidine rings is 1. The summed E-state index contributed by atoms with van der Waals surface area (Å²) in [6.45, 7) is 5.19. The Kier molecular flexibility index (Phi) is 5.66. The van der Waals surface area contributed by atoms with Gasteiger partial charge >= 0.3 is 0 Å². The van der Waals surface area contributed by atoms with Crippen molar-refractivity contribution in [3.8, 4) is 0 Å². The van der Waals surface area contributed by atoms with Crippen molar-refractivity contribution in [2.75, 3.05) is 13.1 Å². The molecule has 0 radical (unpaired) electrons. The summed E-state index contributed by atoms with van der Waals surface area (Å²) in [5, 5.41) is 3.07. The van der Waals surface area contributed by atoms with E-state index in [0.717, 1.165) is 25.9 Å². The largest absolute Gasteiger partial charge is 0.317 e. The van der Waals surface area contributed by atoms with Crippen LogP contribution in [0.3, 0.4) is 0 Å². The number of sulfonamides is 1.